The van der Waals surface area contributed by atoms with E-state index in [2.05, 4.69) is 5.32 Å². The van der Waals surface area contributed by atoms with Gasteiger partial charge in [0.25, 0.3) is 0 Å². The molecule has 0 radical (unpaired) electrons. The van der Waals surface area contributed by atoms with Crippen LogP contribution in [0.1, 0.15) is 33.6 Å². The molecule has 1 heterocycles. The van der Waals surface area contributed by atoms with Gasteiger partial charge < -0.3 is 15.3 Å². The van der Waals surface area contributed by atoms with Gasteiger partial charge in [-0.25, -0.2) is 0 Å². The zero-order valence-corrected chi connectivity index (χ0v) is 12.4. The SMILES string of the molecule is CC(=O)NCCCC(=O)N1C[C@H](C(=O)O)[C@@H](C(C)C)C1. The van der Waals surface area contributed by atoms with Gasteiger partial charge in [-0.05, 0) is 18.3 Å². The molecule has 1 rings (SSSR count). The van der Waals surface area contributed by atoms with Gasteiger partial charge in [-0.15, -0.1) is 0 Å². The molecule has 1 aliphatic heterocycles. The van der Waals surface area contributed by atoms with Gasteiger partial charge in [-0.1, -0.05) is 13.8 Å². The number of hydrogen-bond donors (Lipinski definition) is 2. The molecule has 0 spiro atoms. The van der Waals surface area contributed by atoms with E-state index in [1.54, 1.807) is 4.90 Å². The fourth-order valence-corrected chi connectivity index (χ4v) is 2.63. The molecular weight excluding hydrogens is 260 g/mol. The summed E-state index contributed by atoms with van der Waals surface area (Å²) in [5, 5.41) is 11.9. The summed E-state index contributed by atoms with van der Waals surface area (Å²) in [5.74, 6) is -1.15. The number of nitrogens with one attached hydrogen (secondary N) is 1. The van der Waals surface area contributed by atoms with Crippen LogP contribution in [0.15, 0.2) is 0 Å². The Hall–Kier alpha value is -1.59. The average Bonchev–Trinajstić information content (AvgIpc) is 2.79. The number of rotatable bonds is 6. The summed E-state index contributed by atoms with van der Waals surface area (Å²) < 4.78 is 0. The number of carboxylic acid groups (broad SMARTS) is 1. The number of carbonyl (C=O) groups excluding carboxylic acids is 2. The van der Waals surface area contributed by atoms with Crippen molar-refractivity contribution in [3.8, 4) is 0 Å². The summed E-state index contributed by atoms with van der Waals surface area (Å²) in [7, 11) is 0. The number of carbonyl (C=O) groups is 3. The molecule has 0 aromatic rings. The molecule has 1 saturated heterocycles. The summed E-state index contributed by atoms with van der Waals surface area (Å²) in [6.07, 6.45) is 0.927. The second-order valence-corrected chi connectivity index (χ2v) is 5.74. The van der Waals surface area contributed by atoms with Crippen molar-refractivity contribution in [3.05, 3.63) is 0 Å². The van der Waals surface area contributed by atoms with Crippen LogP contribution >= 0.6 is 0 Å². The Labute approximate surface area is 119 Å². The van der Waals surface area contributed by atoms with Crippen LogP contribution in [0.2, 0.25) is 0 Å². The van der Waals surface area contributed by atoms with E-state index >= 15 is 0 Å². The van der Waals surface area contributed by atoms with E-state index in [1.165, 1.54) is 6.92 Å². The third-order valence-corrected chi connectivity index (χ3v) is 3.83. The molecule has 0 bridgehead atoms. The van der Waals surface area contributed by atoms with Crippen LogP contribution in [-0.4, -0.2) is 47.4 Å². The van der Waals surface area contributed by atoms with Crippen molar-refractivity contribution in [1.82, 2.24) is 10.2 Å². The van der Waals surface area contributed by atoms with Gasteiger partial charge in [0.2, 0.25) is 11.8 Å². The Bertz CT molecular complexity index is 381. The Balaban J connectivity index is 2.46. The van der Waals surface area contributed by atoms with Crippen LogP contribution in [0.3, 0.4) is 0 Å². The molecule has 2 atom stereocenters. The molecule has 2 amide bonds. The van der Waals surface area contributed by atoms with E-state index in [1.807, 2.05) is 13.8 Å². The summed E-state index contributed by atoms with van der Waals surface area (Å²) >= 11 is 0. The fraction of sp³-hybridized carbons (Fsp3) is 0.786. The summed E-state index contributed by atoms with van der Waals surface area (Å²) in [4.78, 5) is 35.6. The van der Waals surface area contributed by atoms with Gasteiger partial charge in [0, 0.05) is 33.0 Å². The number of hydrogen-bond acceptors (Lipinski definition) is 3. The minimum Gasteiger partial charge on any atom is -0.481 e. The number of likely N-dealkylation sites (tertiary alicyclic amines) is 1. The van der Waals surface area contributed by atoms with Crippen LogP contribution in [0.5, 0.6) is 0 Å². The van der Waals surface area contributed by atoms with E-state index in [0.29, 0.717) is 32.5 Å². The zero-order valence-electron chi connectivity index (χ0n) is 12.4. The summed E-state index contributed by atoms with van der Waals surface area (Å²) in [6.45, 7) is 6.72. The second-order valence-electron chi connectivity index (χ2n) is 5.74. The molecule has 0 aromatic heterocycles. The third kappa shape index (κ3) is 4.51. The van der Waals surface area contributed by atoms with Gasteiger partial charge in [0.1, 0.15) is 0 Å². The van der Waals surface area contributed by atoms with Crippen LogP contribution in [0.4, 0.5) is 0 Å². The molecule has 1 fully saturated rings. The smallest absolute Gasteiger partial charge is 0.308 e. The Morgan fingerprint density at radius 1 is 1.30 bits per heavy atom. The van der Waals surface area contributed by atoms with Gasteiger partial charge in [0.05, 0.1) is 5.92 Å². The Morgan fingerprint density at radius 3 is 2.40 bits per heavy atom. The van der Waals surface area contributed by atoms with Crippen molar-refractivity contribution in [3.63, 3.8) is 0 Å². The number of aliphatic carboxylic acids is 1. The molecule has 2 N–H and O–H groups in total. The van der Waals surface area contributed by atoms with E-state index in [-0.39, 0.29) is 23.7 Å². The number of nitrogens with zero attached hydrogens (tertiary/aromatic N) is 1. The summed E-state index contributed by atoms with van der Waals surface area (Å²) in [6, 6.07) is 0. The van der Waals surface area contributed by atoms with Gasteiger partial charge in [0.15, 0.2) is 0 Å². The van der Waals surface area contributed by atoms with Crippen LogP contribution < -0.4 is 5.32 Å². The number of carboxylic acids is 1. The van der Waals surface area contributed by atoms with Gasteiger partial charge >= 0.3 is 5.97 Å². The van der Waals surface area contributed by atoms with Crippen molar-refractivity contribution in [2.45, 2.75) is 33.6 Å². The maximum atomic E-state index is 12.0. The predicted molar refractivity (Wildman–Crippen MR) is 74.0 cm³/mol. The molecule has 0 aliphatic carbocycles. The molecule has 0 aromatic carbocycles. The molecule has 6 nitrogen and oxygen atoms in total. The molecule has 0 saturated carbocycles. The standard InChI is InChI=1S/C14H24N2O4/c1-9(2)11-7-16(8-12(11)14(19)20)13(18)5-4-6-15-10(3)17/h9,11-12H,4-8H2,1-3H3,(H,15,17)(H,19,20)/t11-,12+/m1/s1. The van der Waals surface area contributed by atoms with Crippen molar-refractivity contribution in [2.24, 2.45) is 17.8 Å². The van der Waals surface area contributed by atoms with Crippen molar-refractivity contribution >= 4 is 17.8 Å². The topological polar surface area (TPSA) is 86.7 Å². The maximum absolute atomic E-state index is 12.0. The lowest BCUT2D eigenvalue weighted by molar-refractivity contribution is -0.143. The van der Waals surface area contributed by atoms with E-state index in [0.717, 1.165) is 0 Å². The van der Waals surface area contributed by atoms with Crippen LogP contribution in [0.25, 0.3) is 0 Å². The van der Waals surface area contributed by atoms with E-state index in [4.69, 9.17) is 0 Å². The van der Waals surface area contributed by atoms with E-state index in [9.17, 15) is 19.5 Å². The molecule has 1 aliphatic rings. The predicted octanol–water partition coefficient (Wildman–Crippen LogP) is 0.718. The monoisotopic (exact) mass is 284 g/mol. The van der Waals surface area contributed by atoms with Gasteiger partial charge in [-0.2, -0.15) is 0 Å². The first-order chi connectivity index (χ1) is 9.32. The maximum Gasteiger partial charge on any atom is 0.308 e. The average molecular weight is 284 g/mol. The minimum atomic E-state index is -0.822. The minimum absolute atomic E-state index is 0.0202. The first-order valence-corrected chi connectivity index (χ1v) is 7.08. The first-order valence-electron chi connectivity index (χ1n) is 7.08. The van der Waals surface area contributed by atoms with Crippen molar-refractivity contribution in [1.29, 1.82) is 0 Å². The lowest BCUT2D eigenvalue weighted by Gasteiger charge is -2.18. The summed E-state index contributed by atoms with van der Waals surface area (Å²) in [5.41, 5.74) is 0. The highest BCUT2D eigenvalue weighted by Gasteiger charge is 2.40. The number of amides is 2. The molecule has 6 heteroatoms. The van der Waals surface area contributed by atoms with E-state index < -0.39 is 11.9 Å². The van der Waals surface area contributed by atoms with Crippen molar-refractivity contribution in [2.75, 3.05) is 19.6 Å². The quantitative estimate of drug-likeness (QED) is 0.704. The Morgan fingerprint density at radius 2 is 1.95 bits per heavy atom. The lowest BCUT2D eigenvalue weighted by atomic mass is 9.86. The lowest BCUT2D eigenvalue weighted by Crippen LogP contribution is -2.30. The zero-order chi connectivity index (χ0) is 15.3. The fourth-order valence-electron chi connectivity index (χ4n) is 2.63. The highest BCUT2D eigenvalue weighted by atomic mass is 16.4. The second kappa shape index (κ2) is 7.26. The molecule has 0 unspecified atom stereocenters. The first kappa shape index (κ1) is 16.5. The third-order valence-electron chi connectivity index (χ3n) is 3.83. The Kier molecular flexibility index (Phi) is 5.98. The molecule has 20 heavy (non-hydrogen) atoms. The van der Waals surface area contributed by atoms with Crippen LogP contribution in [-0.2, 0) is 14.4 Å². The highest BCUT2D eigenvalue weighted by Crippen LogP contribution is 2.30. The highest BCUT2D eigenvalue weighted by molar-refractivity contribution is 5.79. The largest absolute Gasteiger partial charge is 0.481 e. The molecular formula is C14H24N2O4. The normalized spacial score (nSPS) is 22.1. The van der Waals surface area contributed by atoms with Crippen LogP contribution in [0, 0.1) is 17.8 Å². The van der Waals surface area contributed by atoms with Gasteiger partial charge in [-0.3, -0.25) is 14.4 Å². The van der Waals surface area contributed by atoms with Crippen molar-refractivity contribution < 1.29 is 19.5 Å². The molecule has 114 valence electrons.